The Bertz CT molecular complexity index is 1670. The molecule has 3 heterocycles. The van der Waals surface area contributed by atoms with Crippen molar-refractivity contribution in [2.75, 3.05) is 18.2 Å². The fourth-order valence-corrected chi connectivity index (χ4v) is 4.04. The smallest absolute Gasteiger partial charge is 0.247 e. The number of benzene rings is 2. The van der Waals surface area contributed by atoms with Crippen molar-refractivity contribution in [3.05, 3.63) is 85.2 Å². The number of methoxy groups -OCH3 is 1. The number of aryl methyl sites for hydroxylation is 1. The second-order valence-electron chi connectivity index (χ2n) is 8.08. The van der Waals surface area contributed by atoms with Crippen LogP contribution < -0.4 is 15.8 Å². The summed E-state index contributed by atoms with van der Waals surface area (Å²) in [6, 6.07) is 12.4. The van der Waals surface area contributed by atoms with E-state index in [1.54, 1.807) is 54.3 Å². The van der Waals surface area contributed by atoms with E-state index in [0.717, 1.165) is 5.56 Å². The number of carbonyl (C=O) groups is 2. The van der Waals surface area contributed by atoms with Gasteiger partial charge >= 0.3 is 0 Å². The molecule has 3 N–H and O–H groups in total. The summed E-state index contributed by atoms with van der Waals surface area (Å²) in [6.45, 7) is 3.46. The molecule has 5 rings (SSSR count). The molecule has 0 spiro atoms. The summed E-state index contributed by atoms with van der Waals surface area (Å²) in [5.41, 5.74) is 10.4. The maximum absolute atomic E-state index is 13.1. The van der Waals surface area contributed by atoms with Gasteiger partial charge in [0.15, 0.2) is 11.6 Å². The fourth-order valence-electron chi connectivity index (χ4n) is 4.04. The number of anilines is 2. The van der Waals surface area contributed by atoms with E-state index in [0.29, 0.717) is 45.2 Å². The molecule has 11 heteroatoms. The maximum Gasteiger partial charge on any atom is 0.247 e. The number of fused-ring (bicyclic) bond motifs is 1. The van der Waals surface area contributed by atoms with E-state index in [1.807, 2.05) is 12.1 Å². The van der Waals surface area contributed by atoms with Crippen LogP contribution in [0.15, 0.2) is 73.8 Å². The van der Waals surface area contributed by atoms with E-state index in [2.05, 4.69) is 32.1 Å². The highest BCUT2D eigenvalue weighted by Gasteiger charge is 2.23. The minimum atomic E-state index is -0.309. The van der Waals surface area contributed by atoms with Crippen molar-refractivity contribution in [1.82, 2.24) is 29.4 Å². The van der Waals surface area contributed by atoms with Crippen LogP contribution in [-0.2, 0) is 11.8 Å². The third-order valence-corrected chi connectivity index (χ3v) is 5.84. The van der Waals surface area contributed by atoms with Crippen molar-refractivity contribution < 1.29 is 14.3 Å². The van der Waals surface area contributed by atoms with Crippen LogP contribution in [0.5, 0.6) is 5.75 Å². The molecule has 5 aromatic rings. The molecular formula is C26H22N8O3. The van der Waals surface area contributed by atoms with Crippen LogP contribution in [0, 0.1) is 0 Å². The first kappa shape index (κ1) is 23.4. The molecule has 184 valence electrons. The van der Waals surface area contributed by atoms with Crippen molar-refractivity contribution >= 4 is 28.7 Å². The summed E-state index contributed by atoms with van der Waals surface area (Å²) in [5.74, 6) is 0.330. The summed E-state index contributed by atoms with van der Waals surface area (Å²) in [4.78, 5) is 33.1. The lowest BCUT2D eigenvalue weighted by atomic mass is 9.97. The lowest BCUT2D eigenvalue weighted by Gasteiger charge is -2.11. The summed E-state index contributed by atoms with van der Waals surface area (Å²) in [7, 11) is 3.25. The van der Waals surface area contributed by atoms with Gasteiger partial charge in [0.05, 0.1) is 12.7 Å². The van der Waals surface area contributed by atoms with Gasteiger partial charge in [0.2, 0.25) is 11.7 Å². The van der Waals surface area contributed by atoms with Gasteiger partial charge in [-0.1, -0.05) is 24.8 Å². The highest BCUT2D eigenvalue weighted by Crippen LogP contribution is 2.39. The van der Waals surface area contributed by atoms with Gasteiger partial charge in [-0.2, -0.15) is 0 Å². The van der Waals surface area contributed by atoms with Crippen molar-refractivity contribution in [3.8, 4) is 28.1 Å². The van der Waals surface area contributed by atoms with Crippen molar-refractivity contribution in [2.45, 2.75) is 0 Å². The molecule has 0 atom stereocenters. The molecule has 3 aromatic heterocycles. The average molecular weight is 495 g/mol. The van der Waals surface area contributed by atoms with Crippen molar-refractivity contribution in [2.24, 2.45) is 7.05 Å². The van der Waals surface area contributed by atoms with Crippen molar-refractivity contribution in [1.29, 1.82) is 0 Å². The van der Waals surface area contributed by atoms with Gasteiger partial charge in [-0.05, 0) is 35.9 Å². The molecule has 2 aromatic carbocycles. The Balaban J connectivity index is 1.65. The highest BCUT2D eigenvalue weighted by molar-refractivity contribution is 6.09. The molecule has 0 aliphatic heterocycles. The van der Waals surface area contributed by atoms with Crippen LogP contribution in [0.25, 0.3) is 27.9 Å². The zero-order chi connectivity index (χ0) is 26.1. The summed E-state index contributed by atoms with van der Waals surface area (Å²) in [6.07, 6.45) is 5.80. The number of imidazole rings is 1. The van der Waals surface area contributed by atoms with E-state index >= 15 is 0 Å². The van der Waals surface area contributed by atoms with Crippen LogP contribution in [0.1, 0.15) is 16.2 Å². The molecule has 0 saturated heterocycles. The monoisotopic (exact) mass is 494 g/mol. The zero-order valence-electron chi connectivity index (χ0n) is 20.0. The molecule has 0 saturated carbocycles. The predicted molar refractivity (Wildman–Crippen MR) is 138 cm³/mol. The average Bonchev–Trinajstić information content (AvgIpc) is 3.52. The quantitative estimate of drug-likeness (QED) is 0.260. The van der Waals surface area contributed by atoms with Gasteiger partial charge in [-0.15, -0.1) is 14.8 Å². The summed E-state index contributed by atoms with van der Waals surface area (Å²) < 4.78 is 8.67. The number of aromatic nitrogens is 6. The number of amides is 1. The molecule has 1 amide bonds. The van der Waals surface area contributed by atoms with Crippen LogP contribution in [0.2, 0.25) is 0 Å². The van der Waals surface area contributed by atoms with Crippen molar-refractivity contribution in [3.63, 3.8) is 0 Å². The molecule has 11 nitrogen and oxygen atoms in total. The van der Waals surface area contributed by atoms with Gasteiger partial charge < -0.3 is 20.4 Å². The number of nitrogens with one attached hydrogen (secondary N) is 1. The lowest BCUT2D eigenvalue weighted by molar-refractivity contribution is -0.111. The number of nitrogens with zero attached hydrogens (tertiary/aromatic N) is 6. The van der Waals surface area contributed by atoms with Gasteiger partial charge in [0.1, 0.15) is 23.3 Å². The number of hydrogen-bond acceptors (Lipinski definition) is 8. The van der Waals surface area contributed by atoms with Gasteiger partial charge in [0.25, 0.3) is 0 Å². The number of hydrogen-bond donors (Lipinski definition) is 2. The first-order valence-electron chi connectivity index (χ1n) is 11.1. The third kappa shape index (κ3) is 4.18. The molecule has 37 heavy (non-hydrogen) atoms. The Morgan fingerprint density at radius 1 is 1.11 bits per heavy atom. The Morgan fingerprint density at radius 2 is 1.86 bits per heavy atom. The predicted octanol–water partition coefficient (Wildman–Crippen LogP) is 3.14. The van der Waals surface area contributed by atoms with Gasteiger partial charge in [-0.3, -0.25) is 9.59 Å². The number of carbonyl (C=O) groups excluding carboxylic acids is 2. The number of ketones is 1. The molecule has 0 fully saturated rings. The standard InChI is InChI=1S/C26H22N8O3/c1-4-20(35)31-17-8-5-15(6-9-17)22-21(23-25(27)29-14-30-34(23)32-22)16-7-10-18(19(13-16)37-3)24(36)26-28-11-12-33(26)2/h4-14H,1H2,2-3H3,(H,31,35)(H2,27,29,30). The lowest BCUT2D eigenvalue weighted by Crippen LogP contribution is -2.10. The Hall–Kier alpha value is -5.32. The van der Waals surface area contributed by atoms with Gasteiger partial charge in [-0.25, -0.2) is 9.97 Å². The largest absolute Gasteiger partial charge is 0.496 e. The number of rotatable bonds is 7. The van der Waals surface area contributed by atoms with Crippen LogP contribution in [0.4, 0.5) is 11.5 Å². The van der Waals surface area contributed by atoms with E-state index in [4.69, 9.17) is 10.5 Å². The normalized spacial score (nSPS) is 10.9. The number of nitrogen functional groups attached to an aromatic ring is 1. The summed E-state index contributed by atoms with van der Waals surface area (Å²) in [5, 5.41) is 11.6. The third-order valence-electron chi connectivity index (χ3n) is 5.84. The molecule has 0 aliphatic carbocycles. The second-order valence-corrected chi connectivity index (χ2v) is 8.08. The van der Waals surface area contributed by atoms with E-state index in [9.17, 15) is 9.59 Å². The first-order valence-corrected chi connectivity index (χ1v) is 11.1. The molecule has 0 radical (unpaired) electrons. The van der Waals surface area contributed by atoms with E-state index in [1.165, 1.54) is 24.1 Å². The zero-order valence-corrected chi connectivity index (χ0v) is 20.0. The van der Waals surface area contributed by atoms with Crippen LogP contribution in [-0.4, -0.2) is 48.2 Å². The van der Waals surface area contributed by atoms with Crippen LogP contribution >= 0.6 is 0 Å². The second kappa shape index (κ2) is 9.38. The summed E-state index contributed by atoms with van der Waals surface area (Å²) >= 11 is 0. The SMILES string of the molecule is C=CC(=O)Nc1ccc(-c2nn3ncnc(N)c3c2-c2ccc(C(=O)c3nccn3C)c(OC)c2)cc1. The van der Waals surface area contributed by atoms with E-state index < -0.39 is 0 Å². The Kier molecular flexibility index (Phi) is 5.94. The fraction of sp³-hybridized carbons (Fsp3) is 0.0769. The number of ether oxygens (including phenoxy) is 1. The molecule has 0 aliphatic rings. The highest BCUT2D eigenvalue weighted by atomic mass is 16.5. The molecular weight excluding hydrogens is 472 g/mol. The maximum atomic E-state index is 13.1. The van der Waals surface area contributed by atoms with Crippen LogP contribution in [0.3, 0.4) is 0 Å². The molecule has 0 bridgehead atoms. The Morgan fingerprint density at radius 3 is 2.54 bits per heavy atom. The molecule has 0 unspecified atom stereocenters. The van der Waals surface area contributed by atoms with E-state index in [-0.39, 0.29) is 17.5 Å². The minimum absolute atomic E-state index is 0.241. The first-order chi connectivity index (χ1) is 17.9. The Labute approximate surface area is 211 Å². The minimum Gasteiger partial charge on any atom is -0.496 e. The topological polar surface area (TPSA) is 142 Å². The van der Waals surface area contributed by atoms with Gasteiger partial charge in [0, 0.05) is 36.3 Å². The number of nitrogens with two attached hydrogens (primary N) is 1.